The fourth-order valence-electron chi connectivity index (χ4n) is 2.51. The molecule has 21 heavy (non-hydrogen) atoms. The summed E-state index contributed by atoms with van der Waals surface area (Å²) in [6.45, 7) is 2.07. The van der Waals surface area contributed by atoms with Gasteiger partial charge in [0.05, 0.1) is 11.6 Å². The second-order valence-corrected chi connectivity index (χ2v) is 5.93. The van der Waals surface area contributed by atoms with Crippen LogP contribution in [0.3, 0.4) is 0 Å². The Morgan fingerprint density at radius 2 is 2.00 bits per heavy atom. The van der Waals surface area contributed by atoms with Crippen LogP contribution in [0.25, 0.3) is 10.9 Å². The first-order valence-electron chi connectivity index (χ1n) is 6.76. The zero-order valence-corrected chi connectivity index (χ0v) is 13.3. The number of halogens is 1. The van der Waals surface area contributed by atoms with Crippen LogP contribution in [0.2, 0.25) is 0 Å². The second kappa shape index (κ2) is 5.93. The lowest BCUT2D eigenvalue weighted by Crippen LogP contribution is -2.29. The van der Waals surface area contributed by atoms with Crippen LogP contribution in [0, 0.1) is 6.92 Å². The van der Waals surface area contributed by atoms with Crippen molar-refractivity contribution in [3.05, 3.63) is 75.9 Å². The Morgan fingerprint density at radius 1 is 1.14 bits per heavy atom. The molecule has 1 aromatic heterocycles. The van der Waals surface area contributed by atoms with Gasteiger partial charge < -0.3 is 0 Å². The monoisotopic (exact) mass is 341 g/mol. The summed E-state index contributed by atoms with van der Waals surface area (Å²) in [5.41, 5.74) is 7.34. The number of hydrogen-bond donors (Lipinski definition) is 2. The van der Waals surface area contributed by atoms with Gasteiger partial charge in [0.15, 0.2) is 0 Å². The van der Waals surface area contributed by atoms with Crippen LogP contribution in [0.4, 0.5) is 0 Å². The molecule has 1 atom stereocenters. The minimum atomic E-state index is -0.0652. The quantitative estimate of drug-likeness (QED) is 0.561. The maximum atomic E-state index is 5.80. The van der Waals surface area contributed by atoms with Crippen molar-refractivity contribution < 1.29 is 0 Å². The van der Waals surface area contributed by atoms with Gasteiger partial charge in [0.25, 0.3) is 0 Å². The third-order valence-electron chi connectivity index (χ3n) is 3.59. The number of pyridine rings is 1. The topological polar surface area (TPSA) is 50.9 Å². The molecule has 0 bridgehead atoms. The predicted molar refractivity (Wildman–Crippen MR) is 89.8 cm³/mol. The summed E-state index contributed by atoms with van der Waals surface area (Å²) in [5, 5.41) is 1.11. The highest BCUT2D eigenvalue weighted by atomic mass is 79.9. The maximum absolute atomic E-state index is 5.80. The van der Waals surface area contributed by atoms with Crippen molar-refractivity contribution >= 4 is 26.8 Å². The molecule has 2 aromatic carbocycles. The lowest BCUT2D eigenvalue weighted by Gasteiger charge is -2.19. The number of hydrogen-bond acceptors (Lipinski definition) is 3. The van der Waals surface area contributed by atoms with Crippen molar-refractivity contribution in [3.63, 3.8) is 0 Å². The van der Waals surface area contributed by atoms with Crippen molar-refractivity contribution in [2.24, 2.45) is 5.84 Å². The van der Waals surface area contributed by atoms with Crippen molar-refractivity contribution in [3.8, 4) is 0 Å². The van der Waals surface area contributed by atoms with Crippen LogP contribution >= 0.6 is 15.9 Å². The van der Waals surface area contributed by atoms with Gasteiger partial charge >= 0.3 is 0 Å². The number of aromatic nitrogens is 1. The average Bonchev–Trinajstić information content (AvgIpc) is 2.50. The maximum Gasteiger partial charge on any atom is 0.0721 e. The molecule has 0 saturated heterocycles. The molecule has 1 unspecified atom stereocenters. The Kier molecular flexibility index (Phi) is 4.01. The summed E-state index contributed by atoms with van der Waals surface area (Å²) in [6.07, 6.45) is 1.80. The van der Waals surface area contributed by atoms with E-state index in [1.54, 1.807) is 6.20 Å². The highest BCUT2D eigenvalue weighted by molar-refractivity contribution is 9.10. The number of nitrogens with zero attached hydrogens (tertiary/aromatic N) is 1. The Hall–Kier alpha value is -1.75. The molecule has 0 aliphatic carbocycles. The predicted octanol–water partition coefficient (Wildman–Crippen LogP) is 3.86. The summed E-state index contributed by atoms with van der Waals surface area (Å²) in [5.74, 6) is 5.80. The number of fused-ring (bicyclic) bond motifs is 1. The van der Waals surface area contributed by atoms with E-state index in [0.717, 1.165) is 26.5 Å². The molecule has 3 aromatic rings. The van der Waals surface area contributed by atoms with Crippen LogP contribution < -0.4 is 11.3 Å². The van der Waals surface area contributed by atoms with E-state index in [1.165, 1.54) is 5.56 Å². The van der Waals surface area contributed by atoms with E-state index in [2.05, 4.69) is 69.7 Å². The minimum absolute atomic E-state index is 0.0652. The van der Waals surface area contributed by atoms with Gasteiger partial charge in [-0.3, -0.25) is 10.8 Å². The highest BCUT2D eigenvalue weighted by Crippen LogP contribution is 2.30. The Morgan fingerprint density at radius 3 is 2.76 bits per heavy atom. The smallest absolute Gasteiger partial charge is 0.0721 e. The van der Waals surface area contributed by atoms with Crippen LogP contribution in [0.1, 0.15) is 22.7 Å². The third kappa shape index (κ3) is 2.83. The number of nitrogens with one attached hydrogen (secondary N) is 1. The first-order valence-corrected chi connectivity index (χ1v) is 7.55. The van der Waals surface area contributed by atoms with Crippen molar-refractivity contribution in [1.82, 2.24) is 10.4 Å². The van der Waals surface area contributed by atoms with Gasteiger partial charge in [-0.2, -0.15) is 0 Å². The summed E-state index contributed by atoms with van der Waals surface area (Å²) in [4.78, 5) is 4.35. The van der Waals surface area contributed by atoms with Gasteiger partial charge in [0.1, 0.15) is 0 Å². The molecule has 0 fully saturated rings. The van der Waals surface area contributed by atoms with Crippen LogP contribution in [-0.4, -0.2) is 4.98 Å². The van der Waals surface area contributed by atoms with Crippen molar-refractivity contribution in [1.29, 1.82) is 0 Å². The first-order chi connectivity index (χ1) is 10.2. The van der Waals surface area contributed by atoms with E-state index in [0.29, 0.717) is 0 Å². The van der Waals surface area contributed by atoms with Gasteiger partial charge in [-0.25, -0.2) is 5.43 Å². The largest absolute Gasteiger partial charge is 0.271 e. The van der Waals surface area contributed by atoms with E-state index in [4.69, 9.17) is 5.84 Å². The fraction of sp³-hybridized carbons (Fsp3) is 0.118. The van der Waals surface area contributed by atoms with E-state index >= 15 is 0 Å². The average molecular weight is 342 g/mol. The molecule has 1 heterocycles. The van der Waals surface area contributed by atoms with Crippen LogP contribution in [0.15, 0.2) is 59.2 Å². The Balaban J connectivity index is 2.09. The van der Waals surface area contributed by atoms with Crippen molar-refractivity contribution in [2.75, 3.05) is 0 Å². The molecule has 3 rings (SSSR count). The molecule has 106 valence electrons. The summed E-state index contributed by atoms with van der Waals surface area (Å²) >= 11 is 3.63. The third-order valence-corrected chi connectivity index (χ3v) is 4.28. The van der Waals surface area contributed by atoms with Crippen molar-refractivity contribution in [2.45, 2.75) is 13.0 Å². The molecule has 4 heteroatoms. The van der Waals surface area contributed by atoms with Crippen LogP contribution in [0.5, 0.6) is 0 Å². The lowest BCUT2D eigenvalue weighted by molar-refractivity contribution is 0.635. The lowest BCUT2D eigenvalue weighted by atomic mass is 9.97. The molecule has 3 N–H and O–H groups in total. The van der Waals surface area contributed by atoms with E-state index < -0.39 is 0 Å². The normalized spacial score (nSPS) is 12.5. The Labute approximate surface area is 132 Å². The Bertz CT molecular complexity index is 786. The molecule has 0 saturated carbocycles. The molecule has 0 spiro atoms. The van der Waals surface area contributed by atoms with E-state index in [9.17, 15) is 0 Å². The second-order valence-electron chi connectivity index (χ2n) is 5.08. The number of nitrogens with two attached hydrogens (primary N) is 1. The van der Waals surface area contributed by atoms with Crippen LogP contribution in [-0.2, 0) is 0 Å². The first kappa shape index (κ1) is 14.2. The molecule has 3 nitrogen and oxygen atoms in total. The zero-order chi connectivity index (χ0) is 14.8. The van der Waals surface area contributed by atoms with Gasteiger partial charge in [-0.1, -0.05) is 40.2 Å². The van der Waals surface area contributed by atoms with Gasteiger partial charge in [0.2, 0.25) is 0 Å². The SMILES string of the molecule is Cc1ccc(C(NN)c2ccc3ncccc3c2)c(Br)c1. The summed E-state index contributed by atoms with van der Waals surface area (Å²) < 4.78 is 1.05. The number of benzene rings is 2. The molecule has 0 amide bonds. The molecular weight excluding hydrogens is 326 g/mol. The molecule has 0 radical (unpaired) electrons. The molecule has 0 aliphatic rings. The number of hydrazine groups is 1. The highest BCUT2D eigenvalue weighted by Gasteiger charge is 2.15. The van der Waals surface area contributed by atoms with Gasteiger partial charge in [-0.15, -0.1) is 0 Å². The standard InChI is InChI=1S/C17H16BrN3/c1-11-4-6-14(15(18)9-11)17(21-19)13-5-7-16-12(10-13)3-2-8-20-16/h2-10,17,21H,19H2,1H3. The molecular formula is C17H16BrN3. The fourth-order valence-corrected chi connectivity index (χ4v) is 3.23. The summed E-state index contributed by atoms with van der Waals surface area (Å²) in [6, 6.07) is 16.4. The summed E-state index contributed by atoms with van der Waals surface area (Å²) in [7, 11) is 0. The minimum Gasteiger partial charge on any atom is -0.271 e. The van der Waals surface area contributed by atoms with Gasteiger partial charge in [-0.05, 0) is 47.9 Å². The number of aryl methyl sites for hydroxylation is 1. The van der Waals surface area contributed by atoms with E-state index in [1.807, 2.05) is 12.1 Å². The molecule has 0 aliphatic heterocycles. The van der Waals surface area contributed by atoms with Gasteiger partial charge in [0, 0.05) is 16.1 Å². The zero-order valence-electron chi connectivity index (χ0n) is 11.7. The number of rotatable bonds is 3. The van der Waals surface area contributed by atoms with E-state index in [-0.39, 0.29) is 6.04 Å².